The molecule has 2 aromatic carbocycles. The van der Waals surface area contributed by atoms with Crippen LogP contribution < -0.4 is 15.6 Å². The molecular formula is C26H27N3O5S. The molecular weight excluding hydrogens is 466 g/mol. The zero-order chi connectivity index (χ0) is 24.6. The van der Waals surface area contributed by atoms with E-state index in [4.69, 9.17) is 4.74 Å². The number of ether oxygens (including phenoxy) is 1. The van der Waals surface area contributed by atoms with Gasteiger partial charge in [0.1, 0.15) is 5.75 Å². The minimum absolute atomic E-state index is 0.00106. The van der Waals surface area contributed by atoms with Gasteiger partial charge in [-0.05, 0) is 73.9 Å². The molecule has 1 amide bonds. The maximum atomic E-state index is 13.4. The highest BCUT2D eigenvalue weighted by atomic mass is 32.2. The summed E-state index contributed by atoms with van der Waals surface area (Å²) in [5, 5.41) is 2.80. The van der Waals surface area contributed by atoms with Crippen molar-refractivity contribution in [1.82, 2.24) is 8.87 Å². The summed E-state index contributed by atoms with van der Waals surface area (Å²) in [7, 11) is -3.71. The molecule has 2 bridgehead atoms. The number of carbonyl (C=O) groups excluding carboxylic acids is 1. The molecule has 1 saturated heterocycles. The van der Waals surface area contributed by atoms with E-state index in [0.717, 1.165) is 12.1 Å². The quantitative estimate of drug-likeness (QED) is 0.568. The first-order valence-corrected chi connectivity index (χ1v) is 13.1. The SMILES string of the molecule is CCOc1ccc(C(=O)Nc2ccc(S(=O)(=O)N3CC4CC(C3)c3cccc(=O)n3C4)cc2)cc1. The van der Waals surface area contributed by atoms with E-state index >= 15 is 0 Å². The number of carbonyl (C=O) groups is 1. The van der Waals surface area contributed by atoms with Crippen molar-refractivity contribution < 1.29 is 17.9 Å². The monoisotopic (exact) mass is 493 g/mol. The minimum Gasteiger partial charge on any atom is -0.494 e. The third-order valence-electron chi connectivity index (χ3n) is 6.62. The molecule has 0 spiro atoms. The molecule has 1 fully saturated rings. The fourth-order valence-electron chi connectivity index (χ4n) is 4.98. The fraction of sp³-hybridized carbons (Fsp3) is 0.308. The van der Waals surface area contributed by atoms with Crippen LogP contribution >= 0.6 is 0 Å². The van der Waals surface area contributed by atoms with Gasteiger partial charge in [0, 0.05) is 48.6 Å². The number of hydrogen-bond donors (Lipinski definition) is 1. The van der Waals surface area contributed by atoms with Crippen molar-refractivity contribution in [2.45, 2.75) is 30.7 Å². The third-order valence-corrected chi connectivity index (χ3v) is 8.47. The van der Waals surface area contributed by atoms with Gasteiger partial charge in [0.15, 0.2) is 0 Å². The standard InChI is InChI=1S/C26H27N3O5S/c1-2-34-22-10-6-19(7-11-22)26(31)27-21-8-12-23(13-9-21)35(32,33)28-15-18-14-20(17-28)24-4-3-5-25(30)29(24)16-18/h3-13,18,20H,2,14-17H2,1H3,(H,27,31). The summed E-state index contributed by atoms with van der Waals surface area (Å²) >= 11 is 0. The van der Waals surface area contributed by atoms with Crippen LogP contribution in [-0.4, -0.2) is 42.9 Å². The summed E-state index contributed by atoms with van der Waals surface area (Å²) in [6.45, 7) is 3.71. The Morgan fingerprint density at radius 3 is 2.46 bits per heavy atom. The largest absolute Gasteiger partial charge is 0.494 e. The molecule has 5 rings (SSSR count). The molecule has 182 valence electrons. The van der Waals surface area contributed by atoms with Crippen LogP contribution in [0.3, 0.4) is 0 Å². The Morgan fingerprint density at radius 2 is 1.74 bits per heavy atom. The van der Waals surface area contributed by atoms with E-state index in [9.17, 15) is 18.0 Å². The van der Waals surface area contributed by atoms with E-state index in [1.54, 1.807) is 53.1 Å². The van der Waals surface area contributed by atoms with Crippen molar-refractivity contribution in [1.29, 1.82) is 0 Å². The summed E-state index contributed by atoms with van der Waals surface area (Å²) in [5.74, 6) is 0.500. The van der Waals surface area contributed by atoms with Gasteiger partial charge in [0.05, 0.1) is 11.5 Å². The van der Waals surface area contributed by atoms with Crippen molar-refractivity contribution in [2.75, 3.05) is 25.0 Å². The number of piperidine rings is 1. The molecule has 1 N–H and O–H groups in total. The zero-order valence-electron chi connectivity index (χ0n) is 19.4. The Labute approximate surface area is 204 Å². The Morgan fingerprint density at radius 1 is 1.00 bits per heavy atom. The lowest BCUT2D eigenvalue weighted by molar-refractivity contribution is 0.102. The number of amides is 1. The topological polar surface area (TPSA) is 97.7 Å². The van der Waals surface area contributed by atoms with E-state index in [-0.39, 0.29) is 28.2 Å². The number of pyridine rings is 1. The zero-order valence-corrected chi connectivity index (χ0v) is 20.2. The number of nitrogens with zero attached hydrogens (tertiary/aromatic N) is 2. The molecule has 2 aliphatic heterocycles. The fourth-order valence-corrected chi connectivity index (χ4v) is 6.54. The molecule has 0 aliphatic carbocycles. The van der Waals surface area contributed by atoms with Gasteiger partial charge in [-0.1, -0.05) is 6.07 Å². The van der Waals surface area contributed by atoms with E-state index in [1.165, 1.54) is 16.4 Å². The van der Waals surface area contributed by atoms with Crippen LogP contribution in [0, 0.1) is 5.92 Å². The van der Waals surface area contributed by atoms with Crippen molar-refractivity contribution in [3.05, 3.63) is 88.3 Å². The average Bonchev–Trinajstić information content (AvgIpc) is 2.85. The highest BCUT2D eigenvalue weighted by Gasteiger charge is 2.39. The van der Waals surface area contributed by atoms with Gasteiger partial charge in [0.2, 0.25) is 10.0 Å². The van der Waals surface area contributed by atoms with Gasteiger partial charge in [-0.15, -0.1) is 0 Å². The van der Waals surface area contributed by atoms with Crippen LogP contribution in [0.5, 0.6) is 5.75 Å². The predicted octanol–water partition coefficient (Wildman–Crippen LogP) is 3.31. The molecule has 3 heterocycles. The second-order valence-electron chi connectivity index (χ2n) is 8.96. The second kappa shape index (κ2) is 9.31. The third kappa shape index (κ3) is 4.61. The lowest BCUT2D eigenvalue weighted by Crippen LogP contribution is -2.48. The van der Waals surface area contributed by atoms with Gasteiger partial charge in [-0.3, -0.25) is 9.59 Å². The van der Waals surface area contributed by atoms with Gasteiger partial charge in [0.25, 0.3) is 11.5 Å². The summed E-state index contributed by atoms with van der Waals surface area (Å²) < 4.78 is 35.5. The van der Waals surface area contributed by atoms with Crippen LogP contribution in [0.15, 0.2) is 76.4 Å². The number of sulfonamides is 1. The lowest BCUT2D eigenvalue weighted by Gasteiger charge is -2.42. The number of fused-ring (bicyclic) bond motifs is 4. The van der Waals surface area contributed by atoms with Crippen LogP contribution in [0.25, 0.3) is 0 Å². The molecule has 2 aliphatic rings. The van der Waals surface area contributed by atoms with Gasteiger partial charge < -0.3 is 14.6 Å². The molecule has 1 aromatic heterocycles. The van der Waals surface area contributed by atoms with Crippen LogP contribution in [0.2, 0.25) is 0 Å². The van der Waals surface area contributed by atoms with Gasteiger partial charge >= 0.3 is 0 Å². The first-order chi connectivity index (χ1) is 16.8. The summed E-state index contributed by atoms with van der Waals surface area (Å²) in [6, 6.07) is 18.3. The van der Waals surface area contributed by atoms with E-state index < -0.39 is 10.0 Å². The first-order valence-electron chi connectivity index (χ1n) is 11.7. The lowest BCUT2D eigenvalue weighted by atomic mass is 9.84. The average molecular weight is 494 g/mol. The summed E-state index contributed by atoms with van der Waals surface area (Å²) in [6.07, 6.45) is 0.881. The first kappa shape index (κ1) is 23.3. The minimum atomic E-state index is -3.71. The number of rotatable bonds is 6. The Kier molecular flexibility index (Phi) is 6.21. The number of hydrogen-bond acceptors (Lipinski definition) is 5. The summed E-state index contributed by atoms with van der Waals surface area (Å²) in [4.78, 5) is 25.0. The molecule has 0 radical (unpaired) electrons. The van der Waals surface area contributed by atoms with Crippen molar-refractivity contribution in [2.24, 2.45) is 5.92 Å². The van der Waals surface area contributed by atoms with Crippen molar-refractivity contribution in [3.8, 4) is 5.75 Å². The number of benzene rings is 2. The highest BCUT2D eigenvalue weighted by molar-refractivity contribution is 7.89. The number of aromatic nitrogens is 1. The maximum Gasteiger partial charge on any atom is 0.255 e. The van der Waals surface area contributed by atoms with Crippen LogP contribution in [0.1, 0.15) is 35.3 Å². The molecule has 9 heteroatoms. The number of nitrogens with one attached hydrogen (secondary N) is 1. The van der Waals surface area contributed by atoms with Crippen molar-refractivity contribution in [3.63, 3.8) is 0 Å². The summed E-state index contributed by atoms with van der Waals surface area (Å²) in [5.41, 5.74) is 1.86. The molecule has 35 heavy (non-hydrogen) atoms. The van der Waals surface area contributed by atoms with Crippen LogP contribution in [0.4, 0.5) is 5.69 Å². The number of anilines is 1. The molecule has 3 aromatic rings. The van der Waals surface area contributed by atoms with E-state index in [1.807, 2.05) is 13.0 Å². The maximum absolute atomic E-state index is 13.4. The Bertz CT molecular complexity index is 1400. The smallest absolute Gasteiger partial charge is 0.255 e. The molecule has 8 nitrogen and oxygen atoms in total. The normalized spacial score (nSPS) is 19.6. The second-order valence-corrected chi connectivity index (χ2v) is 10.9. The Balaban J connectivity index is 1.29. The molecule has 0 saturated carbocycles. The van der Waals surface area contributed by atoms with Crippen LogP contribution in [-0.2, 0) is 16.6 Å². The molecule has 2 atom stereocenters. The predicted molar refractivity (Wildman–Crippen MR) is 132 cm³/mol. The van der Waals surface area contributed by atoms with Gasteiger partial charge in [-0.25, -0.2) is 8.42 Å². The van der Waals surface area contributed by atoms with E-state index in [2.05, 4.69) is 5.32 Å². The van der Waals surface area contributed by atoms with E-state index in [0.29, 0.717) is 43.2 Å². The Hall–Kier alpha value is -3.43. The molecule has 2 unspecified atom stereocenters. The van der Waals surface area contributed by atoms with Gasteiger partial charge in [-0.2, -0.15) is 4.31 Å². The van der Waals surface area contributed by atoms with Crippen molar-refractivity contribution >= 4 is 21.6 Å². The highest BCUT2D eigenvalue weighted by Crippen LogP contribution is 2.37.